The summed E-state index contributed by atoms with van der Waals surface area (Å²) in [6.07, 6.45) is 3.43. The van der Waals surface area contributed by atoms with Crippen LogP contribution >= 0.6 is 0 Å². The molecular weight excluding hydrogens is 202 g/mol. The number of aryl methyl sites for hydroxylation is 1. The molecule has 0 spiro atoms. The normalized spacial score (nSPS) is 10.0. The summed E-state index contributed by atoms with van der Waals surface area (Å²) in [5, 5.41) is 13.1. The molecule has 0 aliphatic heterocycles. The van der Waals surface area contributed by atoms with Crippen LogP contribution in [0.25, 0.3) is 0 Å². The molecule has 5 heteroatoms. The lowest BCUT2D eigenvalue weighted by Crippen LogP contribution is -2.06. The monoisotopic (exact) mass is 213 g/mol. The van der Waals surface area contributed by atoms with Crippen molar-refractivity contribution >= 4 is 5.82 Å². The Labute approximate surface area is 93.1 Å². The largest absolute Gasteiger partial charge is 0.383 e. The van der Waals surface area contributed by atoms with Crippen molar-refractivity contribution in [3.8, 4) is 6.07 Å². The molecule has 0 atom stereocenters. The molecule has 0 aliphatic rings. The molecule has 2 aromatic heterocycles. The first kappa shape index (κ1) is 10.2. The van der Waals surface area contributed by atoms with E-state index >= 15 is 0 Å². The van der Waals surface area contributed by atoms with Crippen molar-refractivity contribution in [2.24, 2.45) is 0 Å². The van der Waals surface area contributed by atoms with E-state index in [1.165, 1.54) is 0 Å². The Morgan fingerprint density at radius 3 is 2.69 bits per heavy atom. The van der Waals surface area contributed by atoms with Gasteiger partial charge in [0.15, 0.2) is 0 Å². The van der Waals surface area contributed by atoms with E-state index < -0.39 is 0 Å². The lowest BCUT2D eigenvalue weighted by Gasteiger charge is -2.03. The summed E-state index contributed by atoms with van der Waals surface area (Å²) < 4.78 is 1.63. The van der Waals surface area contributed by atoms with Crippen molar-refractivity contribution in [2.45, 2.75) is 13.5 Å². The molecule has 0 aromatic carbocycles. The van der Waals surface area contributed by atoms with Gasteiger partial charge in [-0.25, -0.2) is 4.68 Å². The minimum absolute atomic E-state index is 0.414. The van der Waals surface area contributed by atoms with Crippen LogP contribution in [0.2, 0.25) is 0 Å². The SMILES string of the molecule is Cc1nn(Cc2ccncc2)c(N)c1C#N. The number of nitriles is 1. The van der Waals surface area contributed by atoms with Crippen LogP contribution in [0, 0.1) is 18.3 Å². The zero-order chi connectivity index (χ0) is 11.5. The van der Waals surface area contributed by atoms with Gasteiger partial charge in [0, 0.05) is 12.4 Å². The number of hydrogen-bond donors (Lipinski definition) is 1. The topological polar surface area (TPSA) is 80.5 Å². The van der Waals surface area contributed by atoms with E-state index in [2.05, 4.69) is 10.1 Å². The van der Waals surface area contributed by atoms with Gasteiger partial charge >= 0.3 is 0 Å². The first-order valence-electron chi connectivity index (χ1n) is 4.84. The fraction of sp³-hybridized carbons (Fsp3) is 0.182. The maximum Gasteiger partial charge on any atom is 0.140 e. The highest BCUT2D eigenvalue weighted by atomic mass is 15.3. The van der Waals surface area contributed by atoms with Crippen molar-refractivity contribution in [2.75, 3.05) is 5.73 Å². The van der Waals surface area contributed by atoms with E-state index in [-0.39, 0.29) is 0 Å². The first-order chi connectivity index (χ1) is 7.72. The lowest BCUT2D eigenvalue weighted by atomic mass is 10.2. The quantitative estimate of drug-likeness (QED) is 0.809. The Morgan fingerprint density at radius 1 is 1.44 bits per heavy atom. The van der Waals surface area contributed by atoms with Gasteiger partial charge in [0.25, 0.3) is 0 Å². The van der Waals surface area contributed by atoms with Crippen LogP contribution in [0.15, 0.2) is 24.5 Å². The fourth-order valence-electron chi connectivity index (χ4n) is 1.52. The predicted octanol–water partition coefficient (Wildman–Crippen LogP) is 1.09. The maximum absolute atomic E-state index is 8.89. The molecule has 0 saturated heterocycles. The predicted molar refractivity (Wildman–Crippen MR) is 59.4 cm³/mol. The van der Waals surface area contributed by atoms with Gasteiger partial charge in [0.1, 0.15) is 17.5 Å². The Morgan fingerprint density at radius 2 is 2.12 bits per heavy atom. The molecular formula is C11H11N5. The molecule has 2 N–H and O–H groups in total. The molecule has 80 valence electrons. The molecule has 5 nitrogen and oxygen atoms in total. The molecule has 0 amide bonds. The third-order valence-electron chi connectivity index (χ3n) is 2.36. The number of anilines is 1. The van der Waals surface area contributed by atoms with E-state index in [0.29, 0.717) is 23.6 Å². The second-order valence-electron chi connectivity index (χ2n) is 3.47. The maximum atomic E-state index is 8.89. The van der Waals surface area contributed by atoms with Gasteiger partial charge in [-0.1, -0.05) is 0 Å². The number of rotatable bonds is 2. The Bertz CT molecular complexity index is 535. The minimum Gasteiger partial charge on any atom is -0.383 e. The highest BCUT2D eigenvalue weighted by Gasteiger charge is 2.11. The number of aromatic nitrogens is 3. The second-order valence-corrected chi connectivity index (χ2v) is 3.47. The molecule has 0 unspecified atom stereocenters. The van der Waals surface area contributed by atoms with Crippen LogP contribution < -0.4 is 5.73 Å². The summed E-state index contributed by atoms with van der Waals surface area (Å²) >= 11 is 0. The van der Waals surface area contributed by atoms with Crippen LogP contribution in [0.1, 0.15) is 16.8 Å². The van der Waals surface area contributed by atoms with Crippen molar-refractivity contribution in [1.29, 1.82) is 5.26 Å². The van der Waals surface area contributed by atoms with Crippen molar-refractivity contribution in [3.05, 3.63) is 41.3 Å². The summed E-state index contributed by atoms with van der Waals surface area (Å²) in [4.78, 5) is 3.94. The fourth-order valence-corrected chi connectivity index (χ4v) is 1.52. The van der Waals surface area contributed by atoms with Crippen LogP contribution in [0.4, 0.5) is 5.82 Å². The zero-order valence-corrected chi connectivity index (χ0v) is 8.88. The lowest BCUT2D eigenvalue weighted by molar-refractivity contribution is 0.688. The van der Waals surface area contributed by atoms with E-state index in [9.17, 15) is 0 Å². The van der Waals surface area contributed by atoms with E-state index in [4.69, 9.17) is 11.0 Å². The summed E-state index contributed by atoms with van der Waals surface area (Å²) in [5.74, 6) is 0.414. The first-order valence-corrected chi connectivity index (χ1v) is 4.84. The van der Waals surface area contributed by atoms with Crippen molar-refractivity contribution in [1.82, 2.24) is 14.8 Å². The number of pyridine rings is 1. The Kier molecular flexibility index (Phi) is 2.56. The molecule has 0 saturated carbocycles. The minimum atomic E-state index is 0.414. The standard InChI is InChI=1S/C11H11N5/c1-8-10(6-12)11(13)16(15-8)7-9-2-4-14-5-3-9/h2-5H,7,13H2,1H3. The van der Waals surface area contributed by atoms with Crippen molar-refractivity contribution < 1.29 is 0 Å². The Balaban J connectivity index is 2.34. The highest BCUT2D eigenvalue weighted by Crippen LogP contribution is 2.15. The molecule has 0 bridgehead atoms. The third kappa shape index (κ3) is 1.73. The number of nitrogens with two attached hydrogens (primary N) is 1. The number of hydrogen-bond acceptors (Lipinski definition) is 4. The van der Waals surface area contributed by atoms with Gasteiger partial charge in [-0.3, -0.25) is 4.98 Å². The van der Waals surface area contributed by atoms with Gasteiger partial charge in [-0.15, -0.1) is 0 Å². The van der Waals surface area contributed by atoms with Gasteiger partial charge in [-0.2, -0.15) is 10.4 Å². The Hall–Kier alpha value is -2.35. The van der Waals surface area contributed by atoms with Gasteiger partial charge in [0.2, 0.25) is 0 Å². The summed E-state index contributed by atoms with van der Waals surface area (Å²) in [6.45, 7) is 2.33. The summed E-state index contributed by atoms with van der Waals surface area (Å²) in [5.41, 5.74) is 7.99. The second kappa shape index (κ2) is 4.03. The van der Waals surface area contributed by atoms with Crippen LogP contribution in [-0.4, -0.2) is 14.8 Å². The van der Waals surface area contributed by atoms with Crippen molar-refractivity contribution in [3.63, 3.8) is 0 Å². The summed E-state index contributed by atoms with van der Waals surface area (Å²) in [7, 11) is 0. The average Bonchev–Trinajstić information content (AvgIpc) is 2.55. The van der Waals surface area contributed by atoms with Crippen LogP contribution in [-0.2, 0) is 6.54 Å². The molecule has 16 heavy (non-hydrogen) atoms. The molecule has 2 aromatic rings. The van der Waals surface area contributed by atoms with E-state index in [0.717, 1.165) is 5.56 Å². The molecule has 0 aliphatic carbocycles. The van der Waals surface area contributed by atoms with Crippen LogP contribution in [0.3, 0.4) is 0 Å². The van der Waals surface area contributed by atoms with Crippen LogP contribution in [0.5, 0.6) is 0 Å². The average molecular weight is 213 g/mol. The van der Waals surface area contributed by atoms with Gasteiger partial charge in [0.05, 0.1) is 12.2 Å². The number of nitrogen functional groups attached to an aromatic ring is 1. The molecule has 0 fully saturated rings. The smallest absolute Gasteiger partial charge is 0.140 e. The zero-order valence-electron chi connectivity index (χ0n) is 8.88. The van der Waals surface area contributed by atoms with E-state index in [1.54, 1.807) is 24.0 Å². The molecule has 2 rings (SSSR count). The van der Waals surface area contributed by atoms with Gasteiger partial charge in [-0.05, 0) is 24.6 Å². The molecule has 2 heterocycles. The van der Waals surface area contributed by atoms with E-state index in [1.807, 2.05) is 18.2 Å². The summed E-state index contributed by atoms with van der Waals surface area (Å²) in [6, 6.07) is 5.83. The van der Waals surface area contributed by atoms with Gasteiger partial charge < -0.3 is 5.73 Å². The highest BCUT2D eigenvalue weighted by molar-refractivity contribution is 5.51. The molecule has 0 radical (unpaired) electrons. The number of nitrogens with zero attached hydrogens (tertiary/aromatic N) is 4. The third-order valence-corrected chi connectivity index (χ3v) is 2.36.